The summed E-state index contributed by atoms with van der Waals surface area (Å²) < 4.78 is 7.19. The van der Waals surface area contributed by atoms with Crippen molar-refractivity contribution < 1.29 is 14.5 Å². The van der Waals surface area contributed by atoms with Crippen LogP contribution < -0.4 is 14.9 Å². The molecule has 3 aromatic carbocycles. The van der Waals surface area contributed by atoms with E-state index in [0.717, 1.165) is 27.7 Å². The minimum absolute atomic E-state index is 0.00858. The molecule has 0 saturated heterocycles. The van der Waals surface area contributed by atoms with Crippen LogP contribution in [0.1, 0.15) is 31.0 Å². The van der Waals surface area contributed by atoms with Gasteiger partial charge < -0.3 is 4.74 Å². The molecule has 1 aromatic heterocycles. The molecule has 186 valence electrons. The largest absolute Gasteiger partial charge is 0.463 e. The highest BCUT2D eigenvalue weighted by Gasteiger charge is 2.34. The lowest BCUT2D eigenvalue weighted by molar-refractivity contribution is -0.384. The average molecular weight is 534 g/mol. The quantitative estimate of drug-likeness (QED) is 0.213. The molecule has 1 aliphatic rings. The number of nitro benzene ring substituents is 1. The molecule has 0 saturated carbocycles. The summed E-state index contributed by atoms with van der Waals surface area (Å²) in [6.07, 6.45) is 1.57. The normalized spacial score (nSPS) is 15.4. The Labute approximate surface area is 219 Å². The fourth-order valence-electron chi connectivity index (χ4n) is 4.49. The summed E-state index contributed by atoms with van der Waals surface area (Å²) in [5, 5.41) is 13.2. The van der Waals surface area contributed by atoms with E-state index < -0.39 is 16.9 Å². The maximum Gasteiger partial charge on any atom is 0.338 e. The van der Waals surface area contributed by atoms with Crippen LogP contribution >= 0.6 is 22.9 Å². The number of hydrogen-bond donors (Lipinski definition) is 0. The second kappa shape index (κ2) is 9.76. The van der Waals surface area contributed by atoms with Gasteiger partial charge in [-0.2, -0.15) is 0 Å². The third-order valence-electron chi connectivity index (χ3n) is 6.10. The number of ether oxygens (including phenoxy) is 1. The molecule has 0 fully saturated rings. The number of allylic oxidation sites excluding steroid dienone is 1. The molecule has 0 N–H and O–H groups in total. The maximum atomic E-state index is 13.8. The summed E-state index contributed by atoms with van der Waals surface area (Å²) in [6, 6.07) is 17.1. The molecule has 0 unspecified atom stereocenters. The summed E-state index contributed by atoms with van der Waals surface area (Å²) in [6.45, 7) is 3.63. The Balaban J connectivity index is 1.78. The Bertz CT molecular complexity index is 1800. The van der Waals surface area contributed by atoms with Gasteiger partial charge in [-0.05, 0) is 47.9 Å². The first-order valence-corrected chi connectivity index (χ1v) is 12.6. The fourth-order valence-corrected chi connectivity index (χ4v) is 5.72. The number of thiazole rings is 1. The number of nitrogens with zero attached hydrogens (tertiary/aromatic N) is 3. The van der Waals surface area contributed by atoms with E-state index in [9.17, 15) is 19.7 Å². The highest BCUT2D eigenvalue weighted by Crippen LogP contribution is 2.34. The van der Waals surface area contributed by atoms with E-state index >= 15 is 0 Å². The Morgan fingerprint density at radius 3 is 2.73 bits per heavy atom. The van der Waals surface area contributed by atoms with Gasteiger partial charge in [0.05, 0.1) is 33.4 Å². The monoisotopic (exact) mass is 533 g/mol. The zero-order valence-corrected chi connectivity index (χ0v) is 21.4. The SMILES string of the molecule is CCOC(=O)C1=C(C)N=c2s/c(=C/c3ccc(Cl)c([N+](=O)[O-])c3)c(=O)n2[C@H]1c1cccc2ccccc12. The molecule has 0 aliphatic carbocycles. The Morgan fingerprint density at radius 2 is 1.97 bits per heavy atom. The molecule has 10 heteroatoms. The molecule has 8 nitrogen and oxygen atoms in total. The first-order chi connectivity index (χ1) is 17.8. The molecule has 1 atom stereocenters. The minimum Gasteiger partial charge on any atom is -0.463 e. The van der Waals surface area contributed by atoms with E-state index in [1.807, 2.05) is 42.5 Å². The van der Waals surface area contributed by atoms with Gasteiger partial charge in [0.2, 0.25) is 0 Å². The number of hydrogen-bond acceptors (Lipinski definition) is 7. The summed E-state index contributed by atoms with van der Waals surface area (Å²) in [5.74, 6) is -0.538. The Kier molecular flexibility index (Phi) is 6.49. The molecule has 0 amide bonds. The minimum atomic E-state index is -0.761. The van der Waals surface area contributed by atoms with Crippen molar-refractivity contribution in [3.63, 3.8) is 0 Å². The highest BCUT2D eigenvalue weighted by atomic mass is 35.5. The molecule has 2 heterocycles. The lowest BCUT2D eigenvalue weighted by Gasteiger charge is -2.25. The van der Waals surface area contributed by atoms with Crippen LogP contribution in [-0.2, 0) is 9.53 Å². The standard InChI is InChI=1S/C27H20ClN3O5S/c1-3-36-26(33)23-15(2)29-27-30(24(23)19-10-6-8-17-7-4-5-9-18(17)19)25(32)22(37-27)14-16-11-12-20(28)21(13-16)31(34)35/h4-14,24H,3H2,1-2H3/b22-14+/t24-/m0/s1. The van der Waals surface area contributed by atoms with Gasteiger partial charge in [0, 0.05) is 6.07 Å². The van der Waals surface area contributed by atoms with E-state index in [1.54, 1.807) is 26.0 Å². The molecule has 0 bridgehead atoms. The summed E-state index contributed by atoms with van der Waals surface area (Å²) >= 11 is 7.10. The lowest BCUT2D eigenvalue weighted by Crippen LogP contribution is -2.40. The van der Waals surface area contributed by atoms with Crippen molar-refractivity contribution in [3.05, 3.63) is 118 Å². The molecule has 5 rings (SSSR count). The molecule has 1 aliphatic heterocycles. The van der Waals surface area contributed by atoms with Crippen LogP contribution in [0, 0.1) is 10.1 Å². The van der Waals surface area contributed by atoms with Gasteiger partial charge in [0.1, 0.15) is 5.02 Å². The van der Waals surface area contributed by atoms with Crippen molar-refractivity contribution in [1.82, 2.24) is 4.57 Å². The molecule has 0 spiro atoms. The van der Waals surface area contributed by atoms with Crippen molar-refractivity contribution in [1.29, 1.82) is 0 Å². The third kappa shape index (κ3) is 4.36. The van der Waals surface area contributed by atoms with Crippen LogP contribution in [0.3, 0.4) is 0 Å². The first kappa shape index (κ1) is 24.6. The van der Waals surface area contributed by atoms with E-state index in [2.05, 4.69) is 4.99 Å². The van der Waals surface area contributed by atoms with Gasteiger partial charge in [-0.3, -0.25) is 19.5 Å². The van der Waals surface area contributed by atoms with Crippen molar-refractivity contribution in [2.24, 2.45) is 4.99 Å². The number of carbonyl (C=O) groups is 1. The van der Waals surface area contributed by atoms with Crippen LogP contribution in [0.2, 0.25) is 5.02 Å². The van der Waals surface area contributed by atoms with Crippen LogP contribution in [0.5, 0.6) is 0 Å². The number of nitro groups is 1. The highest BCUT2D eigenvalue weighted by molar-refractivity contribution is 7.07. The molecular weight excluding hydrogens is 514 g/mol. The van der Waals surface area contributed by atoms with Crippen molar-refractivity contribution in [2.75, 3.05) is 6.61 Å². The smallest absolute Gasteiger partial charge is 0.338 e. The van der Waals surface area contributed by atoms with Gasteiger partial charge in [-0.15, -0.1) is 0 Å². The third-order valence-corrected chi connectivity index (χ3v) is 7.40. The van der Waals surface area contributed by atoms with Gasteiger partial charge in [-0.25, -0.2) is 9.79 Å². The van der Waals surface area contributed by atoms with E-state index in [1.165, 1.54) is 16.7 Å². The number of aromatic nitrogens is 1. The second-order valence-corrected chi connectivity index (χ2v) is 9.75. The predicted molar refractivity (Wildman–Crippen MR) is 142 cm³/mol. The number of halogens is 1. The zero-order valence-electron chi connectivity index (χ0n) is 19.8. The summed E-state index contributed by atoms with van der Waals surface area (Å²) in [7, 11) is 0. The van der Waals surface area contributed by atoms with Crippen LogP contribution in [0.4, 0.5) is 5.69 Å². The van der Waals surface area contributed by atoms with Gasteiger partial charge in [0.15, 0.2) is 4.80 Å². The Morgan fingerprint density at radius 1 is 1.22 bits per heavy atom. The fraction of sp³-hybridized carbons (Fsp3) is 0.148. The van der Waals surface area contributed by atoms with E-state index in [0.29, 0.717) is 26.2 Å². The number of fused-ring (bicyclic) bond motifs is 2. The van der Waals surface area contributed by atoms with Crippen molar-refractivity contribution >= 4 is 51.4 Å². The van der Waals surface area contributed by atoms with E-state index in [-0.39, 0.29) is 22.9 Å². The Hall–Kier alpha value is -4.08. The number of benzene rings is 3. The molecular formula is C27H20ClN3O5S. The van der Waals surface area contributed by atoms with Crippen molar-refractivity contribution in [2.45, 2.75) is 19.9 Å². The maximum absolute atomic E-state index is 13.8. The van der Waals surface area contributed by atoms with Gasteiger partial charge >= 0.3 is 5.97 Å². The molecule has 0 radical (unpaired) electrons. The van der Waals surface area contributed by atoms with Gasteiger partial charge in [0.25, 0.3) is 11.2 Å². The molecule has 37 heavy (non-hydrogen) atoms. The van der Waals surface area contributed by atoms with Crippen LogP contribution in [0.25, 0.3) is 16.8 Å². The molecule has 4 aromatic rings. The number of esters is 1. The van der Waals surface area contributed by atoms with Crippen LogP contribution in [-0.4, -0.2) is 22.1 Å². The number of rotatable bonds is 5. The first-order valence-electron chi connectivity index (χ1n) is 11.4. The summed E-state index contributed by atoms with van der Waals surface area (Å²) in [5.41, 5.74) is 1.35. The van der Waals surface area contributed by atoms with Crippen LogP contribution in [0.15, 0.2) is 81.7 Å². The average Bonchev–Trinajstić information content (AvgIpc) is 3.18. The van der Waals surface area contributed by atoms with E-state index in [4.69, 9.17) is 16.3 Å². The lowest BCUT2D eigenvalue weighted by atomic mass is 9.91. The van der Waals surface area contributed by atoms with Gasteiger partial charge in [-0.1, -0.05) is 71.5 Å². The van der Waals surface area contributed by atoms with Crippen molar-refractivity contribution in [3.8, 4) is 0 Å². The predicted octanol–water partition coefficient (Wildman–Crippen LogP) is 4.51. The number of carbonyl (C=O) groups excluding carboxylic acids is 1. The topological polar surface area (TPSA) is 104 Å². The zero-order chi connectivity index (χ0) is 26.3. The second-order valence-electron chi connectivity index (χ2n) is 8.34. The summed E-state index contributed by atoms with van der Waals surface area (Å²) in [4.78, 5) is 42.7.